The molecule has 0 spiro atoms. The van der Waals surface area contributed by atoms with Crippen LogP contribution in [-0.2, 0) is 29.1 Å². The molecule has 51 heavy (non-hydrogen) atoms. The summed E-state index contributed by atoms with van der Waals surface area (Å²) in [5, 5.41) is 4.44. The van der Waals surface area contributed by atoms with E-state index in [0.29, 0.717) is 23.1 Å². The number of nitrogens with zero attached hydrogens (tertiary/aromatic N) is 3. The number of alkyl carbamates (subject to hydrolysis) is 1. The summed E-state index contributed by atoms with van der Waals surface area (Å²) in [6, 6.07) is 31.4. The predicted molar refractivity (Wildman–Crippen MR) is 208 cm³/mol. The van der Waals surface area contributed by atoms with E-state index in [-0.39, 0.29) is 18.4 Å². The maximum Gasteiger partial charge on any atom is 0.408 e. The van der Waals surface area contributed by atoms with Crippen LogP contribution >= 0.6 is 35.0 Å². The lowest BCUT2D eigenvalue weighted by atomic mass is 9.88. The number of piperazine rings is 1. The van der Waals surface area contributed by atoms with E-state index in [2.05, 4.69) is 57.8 Å². The Kier molecular flexibility index (Phi) is 13.4. The van der Waals surface area contributed by atoms with Crippen LogP contribution in [0.1, 0.15) is 29.5 Å². The fraction of sp³-hybridized carbons (Fsp3) is 0.366. The van der Waals surface area contributed by atoms with Crippen molar-refractivity contribution in [2.75, 3.05) is 52.1 Å². The fourth-order valence-electron chi connectivity index (χ4n) is 7.17. The van der Waals surface area contributed by atoms with Crippen molar-refractivity contribution >= 4 is 47.0 Å². The molecule has 1 N–H and O–H groups in total. The first-order valence-electron chi connectivity index (χ1n) is 17.7. The smallest absolute Gasteiger partial charge is 0.408 e. The number of hydrogen-bond acceptors (Lipinski definition) is 6. The van der Waals surface area contributed by atoms with E-state index in [1.807, 2.05) is 65.6 Å². The summed E-state index contributed by atoms with van der Waals surface area (Å²) >= 11 is 14.5. The summed E-state index contributed by atoms with van der Waals surface area (Å²) in [6.45, 7) is 6.40. The minimum absolute atomic E-state index is 0.0118. The Morgan fingerprint density at radius 1 is 0.804 bits per heavy atom. The molecule has 0 radical (unpaired) electrons. The van der Waals surface area contributed by atoms with Crippen molar-refractivity contribution in [1.82, 2.24) is 20.0 Å². The van der Waals surface area contributed by atoms with Gasteiger partial charge in [-0.2, -0.15) is 0 Å². The largest absolute Gasteiger partial charge is 0.445 e. The molecule has 2 fully saturated rings. The van der Waals surface area contributed by atoms with Crippen LogP contribution in [0.3, 0.4) is 0 Å². The number of hydrogen-bond donors (Lipinski definition) is 1. The van der Waals surface area contributed by atoms with Crippen LogP contribution in [-0.4, -0.2) is 84.8 Å². The predicted octanol–water partition coefficient (Wildman–Crippen LogP) is 8.28. The second-order valence-electron chi connectivity index (χ2n) is 13.3. The molecule has 7 nitrogen and oxygen atoms in total. The zero-order chi connectivity index (χ0) is 35.6. The number of ether oxygens (including phenoxy) is 1. The van der Waals surface area contributed by atoms with E-state index >= 15 is 0 Å². The minimum atomic E-state index is -0.637. The van der Waals surface area contributed by atoms with Crippen LogP contribution in [0, 0.1) is 5.92 Å². The van der Waals surface area contributed by atoms with Crippen LogP contribution in [0.25, 0.3) is 11.1 Å². The van der Waals surface area contributed by atoms with E-state index in [1.54, 1.807) is 11.8 Å². The van der Waals surface area contributed by atoms with Crippen molar-refractivity contribution in [1.29, 1.82) is 0 Å². The third-order valence-corrected chi connectivity index (χ3v) is 11.3. The maximum atomic E-state index is 14.2. The van der Waals surface area contributed by atoms with E-state index in [4.69, 9.17) is 27.9 Å². The Labute approximate surface area is 316 Å². The summed E-state index contributed by atoms with van der Waals surface area (Å²) < 4.78 is 5.61. The third kappa shape index (κ3) is 10.3. The lowest BCUT2D eigenvalue weighted by Crippen LogP contribution is -2.58. The van der Waals surface area contributed by atoms with Gasteiger partial charge < -0.3 is 19.9 Å². The summed E-state index contributed by atoms with van der Waals surface area (Å²) in [5.41, 5.74) is 5.60. The molecule has 6 rings (SSSR count). The second kappa shape index (κ2) is 18.3. The van der Waals surface area contributed by atoms with Gasteiger partial charge in [0.15, 0.2) is 0 Å². The van der Waals surface area contributed by atoms with Crippen LogP contribution in [0.15, 0.2) is 102 Å². The lowest BCUT2D eigenvalue weighted by molar-refractivity contribution is -0.137. The molecule has 2 heterocycles. The normalized spacial score (nSPS) is 16.5. The zero-order valence-corrected chi connectivity index (χ0v) is 31.4. The van der Waals surface area contributed by atoms with Gasteiger partial charge in [-0.05, 0) is 103 Å². The molecule has 0 unspecified atom stereocenters. The van der Waals surface area contributed by atoms with Crippen molar-refractivity contribution in [2.24, 2.45) is 5.92 Å². The molecular weight excluding hydrogens is 699 g/mol. The van der Waals surface area contributed by atoms with Crippen molar-refractivity contribution < 1.29 is 14.3 Å². The first-order chi connectivity index (χ1) is 24.9. The number of thioether (sulfide) groups is 1. The summed E-state index contributed by atoms with van der Waals surface area (Å²) in [4.78, 5) is 35.4. The van der Waals surface area contributed by atoms with Gasteiger partial charge in [0.1, 0.15) is 12.6 Å². The SMILES string of the molecule is CSc1ccccc1CN1CCN(C(=O)[C@H](NC(=O)OCc2ccccc2)C2CCN(CCc3cc(Cl)ccc3-c3cccc(Cl)c3)CC2)CC1. The van der Waals surface area contributed by atoms with Crippen molar-refractivity contribution in [3.05, 3.63) is 124 Å². The Bertz CT molecular complexity index is 1760. The van der Waals surface area contributed by atoms with Crippen LogP contribution in [0.2, 0.25) is 10.0 Å². The van der Waals surface area contributed by atoms with Gasteiger partial charge in [0.2, 0.25) is 5.91 Å². The number of likely N-dealkylation sites (tertiary alicyclic amines) is 1. The number of carbonyl (C=O) groups excluding carboxylic acids is 2. The molecule has 0 saturated carbocycles. The van der Waals surface area contributed by atoms with Gasteiger partial charge in [0.05, 0.1) is 0 Å². The number of nitrogens with one attached hydrogen (secondary N) is 1. The zero-order valence-electron chi connectivity index (χ0n) is 29.1. The van der Waals surface area contributed by atoms with Crippen molar-refractivity contribution in [3.8, 4) is 11.1 Å². The molecule has 4 aromatic rings. The molecular formula is C41H46Cl2N4O3S. The standard InChI is InChI=1S/C41H46Cl2N4O3S/c1-51-38-13-6-5-10-34(38)28-46-22-24-47(25-23-46)40(48)39(44-41(49)50-29-30-8-3-2-4-9-30)31-16-19-45(20-17-31)21-18-33-27-36(43)14-15-37(33)32-11-7-12-35(42)26-32/h2-15,26-27,31,39H,16-25,28-29H2,1H3,(H,44,49)/t39-/m1/s1. The number of benzene rings is 4. The van der Waals surface area contributed by atoms with Crippen molar-refractivity contribution in [2.45, 2.75) is 43.4 Å². The van der Waals surface area contributed by atoms with E-state index in [9.17, 15) is 9.59 Å². The van der Waals surface area contributed by atoms with Gasteiger partial charge in [0, 0.05) is 54.2 Å². The van der Waals surface area contributed by atoms with Crippen molar-refractivity contribution in [3.63, 3.8) is 0 Å². The molecule has 4 aromatic carbocycles. The highest BCUT2D eigenvalue weighted by Crippen LogP contribution is 2.30. The van der Waals surface area contributed by atoms with Gasteiger partial charge in [-0.15, -0.1) is 11.8 Å². The number of piperidine rings is 1. The van der Waals surface area contributed by atoms with Gasteiger partial charge in [-0.3, -0.25) is 9.69 Å². The highest BCUT2D eigenvalue weighted by Gasteiger charge is 2.36. The molecule has 2 amide bonds. The Morgan fingerprint density at radius 2 is 1.53 bits per heavy atom. The van der Waals surface area contributed by atoms with E-state index in [0.717, 1.165) is 75.2 Å². The number of carbonyl (C=O) groups is 2. The summed E-state index contributed by atoms with van der Waals surface area (Å²) in [5.74, 6) is -0.00271. The molecule has 2 aliphatic heterocycles. The second-order valence-corrected chi connectivity index (χ2v) is 15.1. The molecule has 2 aliphatic rings. The van der Waals surface area contributed by atoms with Gasteiger partial charge in [-0.1, -0.05) is 89.9 Å². The number of amides is 2. The highest BCUT2D eigenvalue weighted by atomic mass is 35.5. The minimum Gasteiger partial charge on any atom is -0.445 e. The Morgan fingerprint density at radius 3 is 2.27 bits per heavy atom. The Balaban J connectivity index is 1.08. The average Bonchev–Trinajstić information content (AvgIpc) is 3.16. The van der Waals surface area contributed by atoms with E-state index < -0.39 is 12.1 Å². The fourth-order valence-corrected chi connectivity index (χ4v) is 8.16. The third-order valence-electron chi connectivity index (χ3n) is 10.0. The number of halogens is 2. The van der Waals surface area contributed by atoms with Crippen LogP contribution in [0.4, 0.5) is 4.79 Å². The van der Waals surface area contributed by atoms with Gasteiger partial charge in [-0.25, -0.2) is 4.79 Å². The molecule has 10 heteroatoms. The highest BCUT2D eigenvalue weighted by molar-refractivity contribution is 7.98. The molecule has 0 aromatic heterocycles. The van der Waals surface area contributed by atoms with Gasteiger partial charge in [0.25, 0.3) is 0 Å². The average molecular weight is 746 g/mol. The molecule has 268 valence electrons. The molecule has 1 atom stereocenters. The Hall–Kier alpha value is -3.53. The topological polar surface area (TPSA) is 65.1 Å². The maximum absolute atomic E-state index is 14.2. The summed E-state index contributed by atoms with van der Waals surface area (Å²) in [6.07, 6.45) is 4.00. The number of rotatable bonds is 12. The quantitative estimate of drug-likeness (QED) is 0.147. The lowest BCUT2D eigenvalue weighted by Gasteiger charge is -2.40. The first kappa shape index (κ1) is 37.2. The first-order valence-corrected chi connectivity index (χ1v) is 19.7. The monoisotopic (exact) mass is 744 g/mol. The van der Waals surface area contributed by atoms with Crippen LogP contribution < -0.4 is 5.32 Å². The van der Waals surface area contributed by atoms with E-state index in [1.165, 1.54) is 16.0 Å². The molecule has 0 bridgehead atoms. The molecule has 2 saturated heterocycles. The molecule has 0 aliphatic carbocycles. The summed E-state index contributed by atoms with van der Waals surface area (Å²) in [7, 11) is 0. The van der Waals surface area contributed by atoms with Crippen LogP contribution in [0.5, 0.6) is 0 Å². The van der Waals surface area contributed by atoms with Gasteiger partial charge >= 0.3 is 6.09 Å².